The van der Waals surface area contributed by atoms with Gasteiger partial charge in [-0.2, -0.15) is 0 Å². The lowest BCUT2D eigenvalue weighted by molar-refractivity contribution is 0.381. The van der Waals surface area contributed by atoms with Crippen LogP contribution < -0.4 is 10.2 Å². The van der Waals surface area contributed by atoms with Crippen LogP contribution in [0.1, 0.15) is 30.6 Å². The van der Waals surface area contributed by atoms with E-state index in [-0.39, 0.29) is 0 Å². The van der Waals surface area contributed by atoms with E-state index in [4.69, 9.17) is 0 Å². The van der Waals surface area contributed by atoms with Crippen molar-refractivity contribution < 1.29 is 0 Å². The van der Waals surface area contributed by atoms with Crippen molar-refractivity contribution in [1.82, 2.24) is 15.3 Å². The second kappa shape index (κ2) is 5.54. The maximum absolute atomic E-state index is 4.56. The predicted octanol–water partition coefficient (Wildman–Crippen LogP) is 2.97. The number of nitrogens with zero attached hydrogens (tertiary/aromatic N) is 3. The minimum absolute atomic E-state index is 0.832. The van der Waals surface area contributed by atoms with E-state index >= 15 is 0 Å². The highest BCUT2D eigenvalue weighted by Crippen LogP contribution is 2.32. The van der Waals surface area contributed by atoms with Crippen LogP contribution in [0.2, 0.25) is 0 Å². The Morgan fingerprint density at radius 3 is 2.81 bits per heavy atom. The summed E-state index contributed by atoms with van der Waals surface area (Å²) in [7, 11) is 0. The third-order valence-electron chi connectivity index (χ3n) is 4.62. The molecule has 0 bridgehead atoms. The summed E-state index contributed by atoms with van der Waals surface area (Å²) in [5, 5.41) is 4.90. The third-order valence-corrected chi connectivity index (χ3v) is 5.58. The smallest absolute Gasteiger partial charge is 0.140 e. The van der Waals surface area contributed by atoms with Crippen LogP contribution in [0.5, 0.6) is 0 Å². The molecule has 3 heterocycles. The van der Waals surface area contributed by atoms with Crippen molar-refractivity contribution in [3.63, 3.8) is 0 Å². The molecule has 1 N–H and O–H groups in total. The van der Waals surface area contributed by atoms with Crippen molar-refractivity contribution in [3.8, 4) is 0 Å². The average Bonchev–Trinajstić information content (AvgIpc) is 3.25. The zero-order chi connectivity index (χ0) is 14.2. The van der Waals surface area contributed by atoms with Gasteiger partial charge in [-0.15, -0.1) is 11.3 Å². The zero-order valence-corrected chi connectivity index (χ0v) is 13.3. The number of rotatable bonds is 4. The van der Waals surface area contributed by atoms with Crippen LogP contribution in [0.4, 0.5) is 5.82 Å². The van der Waals surface area contributed by atoms with E-state index in [0.29, 0.717) is 0 Å². The number of hydrogen-bond acceptors (Lipinski definition) is 5. The Morgan fingerprint density at radius 1 is 1.24 bits per heavy atom. The second-order valence-corrected chi connectivity index (χ2v) is 7.62. The summed E-state index contributed by atoms with van der Waals surface area (Å²) >= 11 is 1.76. The van der Waals surface area contributed by atoms with Crippen molar-refractivity contribution in [2.45, 2.75) is 38.6 Å². The molecule has 5 heteroatoms. The number of aromatic nitrogens is 2. The molecule has 2 aliphatic rings. The van der Waals surface area contributed by atoms with Gasteiger partial charge < -0.3 is 10.2 Å². The molecule has 0 atom stereocenters. The summed E-state index contributed by atoms with van der Waals surface area (Å²) in [4.78, 5) is 13.8. The van der Waals surface area contributed by atoms with Gasteiger partial charge in [-0.05, 0) is 51.1 Å². The monoisotopic (exact) mass is 302 g/mol. The molecule has 0 unspecified atom stereocenters. The van der Waals surface area contributed by atoms with E-state index < -0.39 is 0 Å². The number of nitrogens with one attached hydrogen (secondary N) is 1. The molecule has 0 aromatic carbocycles. The van der Waals surface area contributed by atoms with Crippen molar-refractivity contribution >= 4 is 27.4 Å². The summed E-state index contributed by atoms with van der Waals surface area (Å²) in [5.74, 6) is 1.97. The molecule has 2 aromatic rings. The number of anilines is 1. The minimum Gasteiger partial charge on any atom is -0.356 e. The Kier molecular flexibility index (Phi) is 3.55. The molecule has 4 rings (SSSR count). The lowest BCUT2D eigenvalue weighted by Gasteiger charge is -2.33. The van der Waals surface area contributed by atoms with Gasteiger partial charge in [0.25, 0.3) is 0 Å². The molecule has 112 valence electrons. The van der Waals surface area contributed by atoms with Crippen molar-refractivity contribution in [2.75, 3.05) is 24.5 Å². The fourth-order valence-corrected chi connectivity index (χ4v) is 4.03. The summed E-state index contributed by atoms with van der Waals surface area (Å²) in [6.45, 7) is 5.59. The SMILES string of the molecule is Cc1cc2c(N3CCC(CNC4CC4)CC3)ncnc2s1. The van der Waals surface area contributed by atoms with Crippen LogP contribution in [0.15, 0.2) is 12.4 Å². The van der Waals surface area contributed by atoms with Crippen molar-refractivity contribution in [3.05, 3.63) is 17.3 Å². The highest BCUT2D eigenvalue weighted by Gasteiger charge is 2.25. The molecule has 1 aliphatic heterocycles. The van der Waals surface area contributed by atoms with Gasteiger partial charge in [0.15, 0.2) is 0 Å². The van der Waals surface area contributed by atoms with Gasteiger partial charge in [0.2, 0.25) is 0 Å². The molecule has 21 heavy (non-hydrogen) atoms. The molecule has 2 fully saturated rings. The first-order valence-corrected chi connectivity index (χ1v) is 8.81. The predicted molar refractivity (Wildman–Crippen MR) is 88.1 cm³/mol. The number of piperidine rings is 1. The molecule has 1 saturated carbocycles. The fraction of sp³-hybridized carbons (Fsp3) is 0.625. The number of hydrogen-bond donors (Lipinski definition) is 1. The second-order valence-electron chi connectivity index (χ2n) is 6.39. The normalized spacial score (nSPS) is 20.3. The van der Waals surface area contributed by atoms with Gasteiger partial charge in [0.05, 0.1) is 5.39 Å². The molecule has 0 radical (unpaired) electrons. The van der Waals surface area contributed by atoms with Crippen LogP contribution in [-0.4, -0.2) is 35.6 Å². The molecular formula is C16H22N4S. The lowest BCUT2D eigenvalue weighted by Crippen LogP contribution is -2.38. The molecule has 1 saturated heterocycles. The topological polar surface area (TPSA) is 41.0 Å². The van der Waals surface area contributed by atoms with E-state index in [1.54, 1.807) is 17.7 Å². The lowest BCUT2D eigenvalue weighted by atomic mass is 9.96. The molecule has 0 spiro atoms. The maximum Gasteiger partial charge on any atom is 0.140 e. The van der Waals surface area contributed by atoms with Gasteiger partial charge in [-0.3, -0.25) is 0 Å². The van der Waals surface area contributed by atoms with Gasteiger partial charge in [0.1, 0.15) is 17.0 Å². The van der Waals surface area contributed by atoms with Crippen LogP contribution in [0.3, 0.4) is 0 Å². The summed E-state index contributed by atoms with van der Waals surface area (Å²) in [5.41, 5.74) is 0. The van der Waals surface area contributed by atoms with Gasteiger partial charge >= 0.3 is 0 Å². The first kappa shape index (κ1) is 13.5. The summed E-state index contributed by atoms with van der Waals surface area (Å²) < 4.78 is 0. The average molecular weight is 302 g/mol. The molecule has 2 aromatic heterocycles. The number of aryl methyl sites for hydroxylation is 1. The third kappa shape index (κ3) is 2.90. The summed E-state index contributed by atoms with van der Waals surface area (Å²) in [6.07, 6.45) is 7.03. The van der Waals surface area contributed by atoms with E-state index in [0.717, 1.165) is 35.7 Å². The highest BCUT2D eigenvalue weighted by molar-refractivity contribution is 7.18. The Labute approximate surface area is 129 Å². The van der Waals surface area contributed by atoms with Crippen LogP contribution in [0, 0.1) is 12.8 Å². The van der Waals surface area contributed by atoms with Crippen molar-refractivity contribution in [2.24, 2.45) is 5.92 Å². The van der Waals surface area contributed by atoms with Gasteiger partial charge in [-0.1, -0.05) is 0 Å². The van der Waals surface area contributed by atoms with Crippen molar-refractivity contribution in [1.29, 1.82) is 0 Å². The van der Waals surface area contributed by atoms with Gasteiger partial charge in [-0.25, -0.2) is 9.97 Å². The fourth-order valence-electron chi connectivity index (χ4n) is 3.19. The van der Waals surface area contributed by atoms with E-state index in [1.807, 2.05) is 0 Å². The minimum atomic E-state index is 0.832. The molecule has 0 amide bonds. The van der Waals surface area contributed by atoms with Gasteiger partial charge in [0, 0.05) is 24.0 Å². The first-order chi connectivity index (χ1) is 10.3. The standard InChI is InChI=1S/C16H22N4S/c1-11-8-14-15(18-10-19-16(14)21-11)20-6-4-12(5-7-20)9-17-13-2-3-13/h8,10,12-13,17H,2-7,9H2,1H3. The number of fused-ring (bicyclic) bond motifs is 1. The molecule has 1 aliphatic carbocycles. The van der Waals surface area contributed by atoms with Crippen LogP contribution in [-0.2, 0) is 0 Å². The van der Waals surface area contributed by atoms with E-state index in [1.165, 1.54) is 42.5 Å². The van der Waals surface area contributed by atoms with Crippen LogP contribution in [0.25, 0.3) is 10.2 Å². The molecular weight excluding hydrogens is 280 g/mol. The largest absolute Gasteiger partial charge is 0.356 e. The first-order valence-electron chi connectivity index (χ1n) is 7.99. The Morgan fingerprint density at radius 2 is 2.05 bits per heavy atom. The highest BCUT2D eigenvalue weighted by atomic mass is 32.1. The van der Waals surface area contributed by atoms with E-state index in [2.05, 4.69) is 33.2 Å². The quantitative estimate of drug-likeness (QED) is 0.943. The Hall–Kier alpha value is -1.20. The van der Waals surface area contributed by atoms with E-state index in [9.17, 15) is 0 Å². The Bertz CT molecular complexity index is 626. The molecule has 4 nitrogen and oxygen atoms in total. The maximum atomic E-state index is 4.56. The zero-order valence-electron chi connectivity index (χ0n) is 12.5. The van der Waals surface area contributed by atoms with Crippen LogP contribution >= 0.6 is 11.3 Å². The summed E-state index contributed by atoms with van der Waals surface area (Å²) in [6, 6.07) is 3.06. The Balaban J connectivity index is 1.44. The number of thiophene rings is 1.